The Kier molecular flexibility index (Phi) is 6.32. The molecule has 1 aliphatic heterocycles. The van der Waals surface area contributed by atoms with Crippen LogP contribution in [0.1, 0.15) is 33.6 Å². The number of nitrogens with zero attached hydrogens (tertiary/aromatic N) is 1. The van der Waals surface area contributed by atoms with Gasteiger partial charge < -0.3 is 15.0 Å². The second kappa shape index (κ2) is 7.25. The number of piperidine rings is 1. The molecule has 1 saturated heterocycles. The maximum atomic E-state index is 5.55. The highest BCUT2D eigenvalue weighted by Crippen LogP contribution is 2.12. The van der Waals surface area contributed by atoms with E-state index in [4.69, 9.17) is 4.74 Å². The smallest absolute Gasteiger partial charge is 0.0622 e. The van der Waals surface area contributed by atoms with E-state index < -0.39 is 0 Å². The Labute approximate surface area is 101 Å². The molecule has 0 saturated carbocycles. The number of rotatable bonds is 6. The van der Waals surface area contributed by atoms with Gasteiger partial charge in [-0.15, -0.1) is 0 Å². The van der Waals surface area contributed by atoms with Crippen molar-refractivity contribution in [3.8, 4) is 0 Å². The summed E-state index contributed by atoms with van der Waals surface area (Å²) in [4.78, 5) is 2.41. The van der Waals surface area contributed by atoms with Crippen LogP contribution in [0.3, 0.4) is 0 Å². The molecule has 1 rings (SSSR count). The van der Waals surface area contributed by atoms with E-state index in [1.165, 1.54) is 25.9 Å². The first kappa shape index (κ1) is 13.9. The van der Waals surface area contributed by atoms with Crippen LogP contribution in [0.2, 0.25) is 0 Å². The van der Waals surface area contributed by atoms with Gasteiger partial charge in [-0.25, -0.2) is 0 Å². The van der Waals surface area contributed by atoms with Gasteiger partial charge in [-0.2, -0.15) is 0 Å². The van der Waals surface area contributed by atoms with Gasteiger partial charge in [-0.05, 0) is 45.8 Å². The van der Waals surface area contributed by atoms with Crippen LogP contribution in [-0.2, 0) is 4.74 Å². The lowest BCUT2D eigenvalue weighted by atomic mass is 10.00. The van der Waals surface area contributed by atoms with Gasteiger partial charge in [-0.3, -0.25) is 0 Å². The van der Waals surface area contributed by atoms with Crippen molar-refractivity contribution in [1.29, 1.82) is 0 Å². The second-order valence-corrected chi connectivity index (χ2v) is 5.25. The molecule has 0 aliphatic carbocycles. The maximum absolute atomic E-state index is 5.55. The van der Waals surface area contributed by atoms with E-state index >= 15 is 0 Å². The number of ether oxygens (including phenoxy) is 1. The molecule has 16 heavy (non-hydrogen) atoms. The Morgan fingerprint density at radius 1 is 1.31 bits per heavy atom. The van der Waals surface area contributed by atoms with Crippen molar-refractivity contribution in [2.24, 2.45) is 5.92 Å². The minimum atomic E-state index is 0.508. The topological polar surface area (TPSA) is 24.5 Å². The molecule has 1 N–H and O–H groups in total. The largest absolute Gasteiger partial charge is 0.380 e. The molecular weight excluding hydrogens is 200 g/mol. The highest BCUT2D eigenvalue weighted by Gasteiger charge is 2.21. The number of nitrogens with one attached hydrogen (secondary N) is 1. The van der Waals surface area contributed by atoms with Crippen molar-refractivity contribution in [3.63, 3.8) is 0 Å². The lowest BCUT2D eigenvalue weighted by Crippen LogP contribution is -2.48. The van der Waals surface area contributed by atoms with E-state index in [2.05, 4.69) is 38.0 Å². The molecule has 0 aromatic carbocycles. The highest BCUT2D eigenvalue weighted by molar-refractivity contribution is 4.81. The summed E-state index contributed by atoms with van der Waals surface area (Å²) in [5.74, 6) is 0.645. The molecule has 0 aromatic heterocycles. The van der Waals surface area contributed by atoms with Crippen LogP contribution in [0.15, 0.2) is 0 Å². The summed E-state index contributed by atoms with van der Waals surface area (Å²) in [6.07, 6.45) is 2.54. The monoisotopic (exact) mass is 228 g/mol. The van der Waals surface area contributed by atoms with Crippen LogP contribution in [-0.4, -0.2) is 50.3 Å². The first-order chi connectivity index (χ1) is 7.63. The van der Waals surface area contributed by atoms with Crippen LogP contribution in [0.4, 0.5) is 0 Å². The lowest BCUT2D eigenvalue weighted by molar-refractivity contribution is 0.0967. The zero-order valence-corrected chi connectivity index (χ0v) is 11.3. The van der Waals surface area contributed by atoms with Gasteiger partial charge in [0.2, 0.25) is 0 Å². The first-order valence-corrected chi connectivity index (χ1v) is 6.65. The van der Waals surface area contributed by atoms with Crippen LogP contribution >= 0.6 is 0 Å². The van der Waals surface area contributed by atoms with Crippen molar-refractivity contribution >= 4 is 0 Å². The average molecular weight is 228 g/mol. The van der Waals surface area contributed by atoms with Gasteiger partial charge in [0, 0.05) is 18.7 Å². The molecule has 1 atom stereocenters. The molecular formula is C13H28N2O. The fourth-order valence-electron chi connectivity index (χ4n) is 2.16. The number of hydrogen-bond donors (Lipinski definition) is 1. The third kappa shape index (κ3) is 4.81. The molecule has 96 valence electrons. The zero-order valence-electron chi connectivity index (χ0n) is 11.3. The Bertz CT molecular complexity index is 177. The molecule has 1 heterocycles. The zero-order chi connectivity index (χ0) is 12.0. The van der Waals surface area contributed by atoms with E-state index in [-0.39, 0.29) is 0 Å². The Morgan fingerprint density at radius 3 is 2.44 bits per heavy atom. The van der Waals surface area contributed by atoms with Crippen molar-refractivity contribution in [2.75, 3.05) is 33.4 Å². The number of hydrogen-bond acceptors (Lipinski definition) is 3. The maximum Gasteiger partial charge on any atom is 0.0622 e. The fraction of sp³-hybridized carbons (Fsp3) is 1.00. The summed E-state index contributed by atoms with van der Waals surface area (Å²) in [6.45, 7) is 10.7. The lowest BCUT2D eigenvalue weighted by Gasteiger charge is -2.33. The van der Waals surface area contributed by atoms with Crippen LogP contribution in [0.5, 0.6) is 0 Å². The molecule has 3 nitrogen and oxygen atoms in total. The summed E-state index contributed by atoms with van der Waals surface area (Å²) < 4.78 is 5.55. The van der Waals surface area contributed by atoms with Crippen molar-refractivity contribution in [3.05, 3.63) is 0 Å². The molecule has 1 aliphatic rings. The van der Waals surface area contributed by atoms with Crippen molar-refractivity contribution in [2.45, 2.75) is 45.7 Å². The van der Waals surface area contributed by atoms with E-state index in [1.54, 1.807) is 0 Å². The Hall–Kier alpha value is -0.120. The molecule has 1 unspecified atom stereocenters. The molecule has 0 bridgehead atoms. The summed E-state index contributed by atoms with van der Waals surface area (Å²) in [6, 6.07) is 1.19. The first-order valence-electron chi connectivity index (χ1n) is 6.65. The standard InChI is InChI=1S/C13H28N2O/c1-5-16-10-13(11(2)3)14-12-6-8-15(4)9-7-12/h11-14H,5-10H2,1-4H3. The SMILES string of the molecule is CCOCC(NC1CCN(C)CC1)C(C)C. The van der Waals surface area contributed by atoms with E-state index in [0.717, 1.165) is 13.2 Å². The minimum Gasteiger partial charge on any atom is -0.380 e. The van der Waals surface area contributed by atoms with Gasteiger partial charge in [-0.1, -0.05) is 13.8 Å². The van der Waals surface area contributed by atoms with Crippen LogP contribution < -0.4 is 5.32 Å². The minimum absolute atomic E-state index is 0.508. The summed E-state index contributed by atoms with van der Waals surface area (Å²) in [7, 11) is 2.20. The van der Waals surface area contributed by atoms with Gasteiger partial charge in [0.25, 0.3) is 0 Å². The average Bonchev–Trinajstić information content (AvgIpc) is 2.26. The van der Waals surface area contributed by atoms with E-state index in [1.807, 2.05) is 0 Å². The van der Waals surface area contributed by atoms with Crippen LogP contribution in [0.25, 0.3) is 0 Å². The Morgan fingerprint density at radius 2 is 1.94 bits per heavy atom. The summed E-state index contributed by atoms with van der Waals surface area (Å²) >= 11 is 0. The number of likely N-dealkylation sites (tertiary alicyclic amines) is 1. The normalized spacial score (nSPS) is 21.6. The summed E-state index contributed by atoms with van der Waals surface area (Å²) in [5, 5.41) is 3.76. The van der Waals surface area contributed by atoms with Gasteiger partial charge in [0.05, 0.1) is 6.61 Å². The predicted octanol–water partition coefficient (Wildman–Crippen LogP) is 1.73. The fourth-order valence-corrected chi connectivity index (χ4v) is 2.16. The molecule has 0 spiro atoms. The molecule has 0 radical (unpaired) electrons. The quantitative estimate of drug-likeness (QED) is 0.749. The third-order valence-electron chi connectivity index (χ3n) is 3.47. The van der Waals surface area contributed by atoms with E-state index in [9.17, 15) is 0 Å². The van der Waals surface area contributed by atoms with Gasteiger partial charge >= 0.3 is 0 Å². The predicted molar refractivity (Wildman–Crippen MR) is 68.8 cm³/mol. The molecule has 1 fully saturated rings. The molecule has 0 aromatic rings. The van der Waals surface area contributed by atoms with Gasteiger partial charge in [0.15, 0.2) is 0 Å². The second-order valence-electron chi connectivity index (χ2n) is 5.25. The van der Waals surface area contributed by atoms with Crippen LogP contribution in [0, 0.1) is 5.92 Å². The van der Waals surface area contributed by atoms with Crippen molar-refractivity contribution < 1.29 is 4.74 Å². The van der Waals surface area contributed by atoms with Gasteiger partial charge in [0.1, 0.15) is 0 Å². The highest BCUT2D eigenvalue weighted by atomic mass is 16.5. The van der Waals surface area contributed by atoms with Crippen molar-refractivity contribution in [1.82, 2.24) is 10.2 Å². The third-order valence-corrected chi connectivity index (χ3v) is 3.47. The Balaban J connectivity index is 2.30. The summed E-state index contributed by atoms with van der Waals surface area (Å²) in [5.41, 5.74) is 0. The van der Waals surface area contributed by atoms with E-state index in [0.29, 0.717) is 18.0 Å². The molecule has 3 heteroatoms. The molecule has 0 amide bonds.